The van der Waals surface area contributed by atoms with Gasteiger partial charge in [0.2, 0.25) is 10.0 Å². The van der Waals surface area contributed by atoms with Crippen LogP contribution in [0.4, 0.5) is 0 Å². The summed E-state index contributed by atoms with van der Waals surface area (Å²) in [5, 5.41) is 0. The van der Waals surface area contributed by atoms with Crippen LogP contribution in [0.5, 0.6) is 0 Å². The molecule has 0 bridgehead atoms. The zero-order valence-corrected chi connectivity index (χ0v) is 12.7. The van der Waals surface area contributed by atoms with Crippen LogP contribution in [0.15, 0.2) is 35.2 Å². The monoisotopic (exact) mass is 296 g/mol. The molecule has 0 amide bonds. The van der Waals surface area contributed by atoms with Crippen molar-refractivity contribution < 1.29 is 8.42 Å². The predicted molar refractivity (Wildman–Crippen MR) is 81.2 cm³/mol. The molecule has 0 saturated carbocycles. The van der Waals surface area contributed by atoms with Crippen LogP contribution in [0.1, 0.15) is 32.1 Å². The highest BCUT2D eigenvalue weighted by atomic mass is 32.2. The molecule has 2 rings (SSSR count). The molecule has 5 heteroatoms. The van der Waals surface area contributed by atoms with Crippen molar-refractivity contribution in [2.45, 2.75) is 37.0 Å². The van der Waals surface area contributed by atoms with Gasteiger partial charge in [-0.25, -0.2) is 13.1 Å². The van der Waals surface area contributed by atoms with Crippen LogP contribution >= 0.6 is 0 Å². The van der Waals surface area contributed by atoms with E-state index in [9.17, 15) is 8.42 Å². The average molecular weight is 296 g/mol. The van der Waals surface area contributed by atoms with Crippen LogP contribution in [0.3, 0.4) is 0 Å². The van der Waals surface area contributed by atoms with Gasteiger partial charge in [0.15, 0.2) is 0 Å². The quantitative estimate of drug-likeness (QED) is 0.785. The van der Waals surface area contributed by atoms with Gasteiger partial charge in [0.1, 0.15) is 0 Å². The van der Waals surface area contributed by atoms with Gasteiger partial charge in [-0.15, -0.1) is 0 Å². The lowest BCUT2D eigenvalue weighted by atomic mass is 10.1. The van der Waals surface area contributed by atoms with E-state index in [1.165, 1.54) is 32.4 Å². The molecular weight excluding hydrogens is 272 g/mol. The van der Waals surface area contributed by atoms with Crippen LogP contribution in [-0.2, 0) is 10.0 Å². The number of piperidine rings is 1. The molecule has 0 atom stereocenters. The fraction of sp³-hybridized carbons (Fsp3) is 0.600. The largest absolute Gasteiger partial charge is 0.303 e. The van der Waals surface area contributed by atoms with Crippen molar-refractivity contribution in [3.63, 3.8) is 0 Å². The summed E-state index contributed by atoms with van der Waals surface area (Å²) in [7, 11) is -3.33. The van der Waals surface area contributed by atoms with Crippen LogP contribution in [-0.4, -0.2) is 39.5 Å². The molecule has 0 aromatic heterocycles. The molecule has 1 aromatic carbocycles. The zero-order valence-electron chi connectivity index (χ0n) is 11.9. The first-order valence-electron chi connectivity index (χ1n) is 7.45. The van der Waals surface area contributed by atoms with Crippen LogP contribution in [0.25, 0.3) is 0 Å². The van der Waals surface area contributed by atoms with Gasteiger partial charge in [-0.1, -0.05) is 24.6 Å². The normalized spacial score (nSPS) is 17.2. The molecule has 0 spiro atoms. The van der Waals surface area contributed by atoms with E-state index in [0.29, 0.717) is 11.4 Å². The Labute approximate surface area is 122 Å². The second-order valence-electron chi connectivity index (χ2n) is 5.32. The number of likely N-dealkylation sites (tertiary alicyclic amines) is 1. The van der Waals surface area contributed by atoms with E-state index in [-0.39, 0.29) is 0 Å². The topological polar surface area (TPSA) is 49.4 Å². The molecular formula is C15H24N2O2S. The molecule has 112 valence electrons. The van der Waals surface area contributed by atoms with Crippen molar-refractivity contribution in [2.75, 3.05) is 26.2 Å². The summed E-state index contributed by atoms with van der Waals surface area (Å²) in [4.78, 5) is 2.82. The number of hydrogen-bond acceptors (Lipinski definition) is 3. The lowest BCUT2D eigenvalue weighted by molar-refractivity contribution is 0.225. The lowest BCUT2D eigenvalue weighted by Crippen LogP contribution is -2.31. The van der Waals surface area contributed by atoms with Gasteiger partial charge >= 0.3 is 0 Å². The van der Waals surface area contributed by atoms with Gasteiger partial charge in [0.25, 0.3) is 0 Å². The summed E-state index contributed by atoms with van der Waals surface area (Å²) in [6.07, 6.45) is 5.91. The summed E-state index contributed by atoms with van der Waals surface area (Å²) in [5.41, 5.74) is 0. The molecule has 0 unspecified atom stereocenters. The van der Waals surface area contributed by atoms with E-state index in [2.05, 4.69) is 9.62 Å². The maximum Gasteiger partial charge on any atom is 0.240 e. The summed E-state index contributed by atoms with van der Waals surface area (Å²) < 4.78 is 26.6. The van der Waals surface area contributed by atoms with Crippen molar-refractivity contribution >= 4 is 10.0 Å². The minimum absolute atomic E-state index is 0.344. The molecule has 0 aliphatic carbocycles. The van der Waals surface area contributed by atoms with E-state index in [0.717, 1.165) is 19.4 Å². The summed E-state index contributed by atoms with van der Waals surface area (Å²) in [6, 6.07) is 8.54. The van der Waals surface area contributed by atoms with E-state index in [1.54, 1.807) is 24.3 Å². The van der Waals surface area contributed by atoms with E-state index >= 15 is 0 Å². The molecule has 1 aromatic rings. The third-order valence-corrected chi connectivity index (χ3v) is 5.17. The Morgan fingerprint density at radius 3 is 2.40 bits per heavy atom. The standard InChI is InChI=1S/C15H24N2O2S/c18-20(19,15-9-3-1-4-10-15)16-11-5-8-14-17-12-6-2-7-13-17/h1,3-4,9-10,16H,2,5-8,11-14H2. The molecule has 0 radical (unpaired) electrons. The molecule has 1 heterocycles. The number of unbranched alkanes of at least 4 members (excludes halogenated alkanes) is 1. The number of sulfonamides is 1. The number of nitrogens with one attached hydrogen (secondary N) is 1. The smallest absolute Gasteiger partial charge is 0.240 e. The van der Waals surface area contributed by atoms with Gasteiger partial charge in [-0.05, 0) is 57.5 Å². The number of nitrogens with zero attached hydrogens (tertiary/aromatic N) is 1. The number of benzene rings is 1. The summed E-state index contributed by atoms with van der Waals surface area (Å²) in [6.45, 7) is 4.02. The summed E-state index contributed by atoms with van der Waals surface area (Å²) >= 11 is 0. The van der Waals surface area contributed by atoms with Crippen LogP contribution in [0, 0.1) is 0 Å². The van der Waals surface area contributed by atoms with Crippen LogP contribution < -0.4 is 4.72 Å². The Morgan fingerprint density at radius 2 is 1.70 bits per heavy atom. The van der Waals surface area contributed by atoms with Gasteiger partial charge in [-0.2, -0.15) is 0 Å². The second kappa shape index (κ2) is 7.76. The number of hydrogen-bond donors (Lipinski definition) is 1. The fourth-order valence-corrected chi connectivity index (χ4v) is 3.63. The molecule has 20 heavy (non-hydrogen) atoms. The van der Waals surface area contributed by atoms with Gasteiger partial charge in [0, 0.05) is 6.54 Å². The molecule has 1 fully saturated rings. The minimum atomic E-state index is -3.33. The highest BCUT2D eigenvalue weighted by Crippen LogP contribution is 2.10. The fourth-order valence-electron chi connectivity index (χ4n) is 2.53. The predicted octanol–water partition coefficient (Wildman–Crippen LogP) is 2.23. The number of rotatable bonds is 7. The minimum Gasteiger partial charge on any atom is -0.303 e. The maximum atomic E-state index is 12.0. The third kappa shape index (κ3) is 4.89. The Morgan fingerprint density at radius 1 is 1.00 bits per heavy atom. The van der Waals surface area contributed by atoms with Crippen LogP contribution in [0.2, 0.25) is 0 Å². The Bertz CT molecular complexity index is 482. The second-order valence-corrected chi connectivity index (χ2v) is 7.09. The van der Waals surface area contributed by atoms with Crippen molar-refractivity contribution in [2.24, 2.45) is 0 Å². The highest BCUT2D eigenvalue weighted by molar-refractivity contribution is 7.89. The third-order valence-electron chi connectivity index (χ3n) is 3.70. The van der Waals surface area contributed by atoms with Gasteiger partial charge in [-0.3, -0.25) is 0 Å². The van der Waals surface area contributed by atoms with E-state index < -0.39 is 10.0 Å². The first-order valence-corrected chi connectivity index (χ1v) is 8.94. The van der Waals surface area contributed by atoms with Crippen molar-refractivity contribution in [1.29, 1.82) is 0 Å². The van der Waals surface area contributed by atoms with Gasteiger partial charge < -0.3 is 4.90 Å². The highest BCUT2D eigenvalue weighted by Gasteiger charge is 2.12. The Balaban J connectivity index is 1.65. The zero-order chi connectivity index (χ0) is 14.3. The first-order chi connectivity index (χ1) is 9.68. The Hall–Kier alpha value is -0.910. The van der Waals surface area contributed by atoms with Gasteiger partial charge in [0.05, 0.1) is 4.90 Å². The van der Waals surface area contributed by atoms with Crippen molar-refractivity contribution in [3.8, 4) is 0 Å². The maximum absolute atomic E-state index is 12.0. The molecule has 1 aliphatic rings. The molecule has 4 nitrogen and oxygen atoms in total. The van der Waals surface area contributed by atoms with Crippen molar-refractivity contribution in [3.05, 3.63) is 30.3 Å². The molecule has 1 saturated heterocycles. The lowest BCUT2D eigenvalue weighted by Gasteiger charge is -2.26. The SMILES string of the molecule is O=S(=O)(NCCCCN1CCCCC1)c1ccccc1. The molecule has 1 aliphatic heterocycles. The van der Waals surface area contributed by atoms with Crippen molar-refractivity contribution in [1.82, 2.24) is 9.62 Å². The molecule has 1 N–H and O–H groups in total. The van der Waals surface area contributed by atoms with E-state index in [1.807, 2.05) is 6.07 Å². The first kappa shape index (κ1) is 15.5. The summed E-state index contributed by atoms with van der Waals surface area (Å²) in [5.74, 6) is 0. The average Bonchev–Trinajstić information content (AvgIpc) is 2.49. The van der Waals surface area contributed by atoms with E-state index in [4.69, 9.17) is 0 Å². The Kier molecular flexibility index (Phi) is 6.01.